The van der Waals surface area contributed by atoms with Crippen LogP contribution in [0.2, 0.25) is 0 Å². The number of benzene rings is 1. The summed E-state index contributed by atoms with van der Waals surface area (Å²) in [5.74, 6) is 0.394. The zero-order chi connectivity index (χ0) is 24.8. The molecule has 3 rings (SSSR count). The van der Waals surface area contributed by atoms with Gasteiger partial charge in [-0.05, 0) is 43.4 Å². The molecule has 0 saturated carbocycles. The van der Waals surface area contributed by atoms with Crippen molar-refractivity contribution in [3.05, 3.63) is 41.6 Å². The normalized spacial score (nSPS) is 19.0. The second-order valence-electron chi connectivity index (χ2n) is 10.5. The van der Waals surface area contributed by atoms with Gasteiger partial charge in [0.05, 0.1) is 13.2 Å². The Hall–Kier alpha value is -2.71. The zero-order valence-electron chi connectivity index (χ0n) is 20.2. The Labute approximate surface area is 193 Å². The Morgan fingerprint density at radius 1 is 1.18 bits per heavy atom. The average molecular weight is 467 g/mol. The van der Waals surface area contributed by atoms with E-state index < -0.39 is 29.7 Å². The summed E-state index contributed by atoms with van der Waals surface area (Å²) in [6.45, 7) is 10.1. The molecular formula is C24H33F3N4O2. The lowest BCUT2D eigenvalue weighted by Crippen LogP contribution is -2.47. The number of nitrogens with one attached hydrogen (secondary N) is 1. The number of amides is 1. The van der Waals surface area contributed by atoms with Gasteiger partial charge in [-0.25, -0.2) is 4.68 Å². The molecule has 1 aliphatic rings. The van der Waals surface area contributed by atoms with Crippen molar-refractivity contribution in [3.63, 3.8) is 0 Å². The van der Waals surface area contributed by atoms with E-state index in [0.717, 1.165) is 11.1 Å². The number of hydrogen-bond acceptors (Lipinski definition) is 4. The second-order valence-corrected chi connectivity index (χ2v) is 10.5. The smallest absolute Gasteiger partial charge is 0.410 e. The molecule has 0 spiro atoms. The van der Waals surface area contributed by atoms with Crippen molar-refractivity contribution in [1.82, 2.24) is 14.7 Å². The van der Waals surface area contributed by atoms with E-state index >= 15 is 0 Å². The van der Waals surface area contributed by atoms with E-state index in [1.807, 2.05) is 13.8 Å². The van der Waals surface area contributed by atoms with Gasteiger partial charge in [0.25, 0.3) is 5.91 Å². The standard InChI is InChI=1S/C24H33F3N4O2/c1-22(2,3)14-23(4,5)30(6)21(32)18-13-20-28-17(15-8-10-16(33-7)11-9-15)12-19(24(25,26)27)31(20)29-18/h8-11,13,17,19,28H,12,14H2,1-7H3/t17-,19+/m0/s1. The van der Waals surface area contributed by atoms with Gasteiger partial charge in [0.1, 0.15) is 11.6 Å². The number of ether oxygens (including phenoxy) is 1. The predicted molar refractivity (Wildman–Crippen MR) is 122 cm³/mol. The average Bonchev–Trinajstić information content (AvgIpc) is 3.13. The summed E-state index contributed by atoms with van der Waals surface area (Å²) in [5, 5.41) is 7.24. The quantitative estimate of drug-likeness (QED) is 0.602. The first-order valence-electron chi connectivity index (χ1n) is 11.0. The highest BCUT2D eigenvalue weighted by Gasteiger charge is 2.47. The summed E-state index contributed by atoms with van der Waals surface area (Å²) in [6, 6.07) is 5.91. The highest BCUT2D eigenvalue weighted by Crippen LogP contribution is 2.44. The molecule has 1 N–H and O–H groups in total. The first kappa shape index (κ1) is 24.9. The van der Waals surface area contributed by atoms with Crippen molar-refractivity contribution in [2.45, 2.75) is 71.3 Å². The molecule has 33 heavy (non-hydrogen) atoms. The third-order valence-corrected chi connectivity index (χ3v) is 6.10. The fourth-order valence-electron chi connectivity index (χ4n) is 4.60. The van der Waals surface area contributed by atoms with Crippen molar-refractivity contribution in [2.24, 2.45) is 5.41 Å². The Bertz CT molecular complexity index is 991. The molecular weight excluding hydrogens is 433 g/mol. The molecule has 2 aromatic rings. The molecule has 0 radical (unpaired) electrons. The number of carbonyl (C=O) groups excluding carboxylic acids is 1. The van der Waals surface area contributed by atoms with E-state index in [-0.39, 0.29) is 23.3 Å². The molecule has 2 atom stereocenters. The van der Waals surface area contributed by atoms with E-state index in [0.29, 0.717) is 11.3 Å². The summed E-state index contributed by atoms with van der Waals surface area (Å²) >= 11 is 0. The van der Waals surface area contributed by atoms with Gasteiger partial charge in [0, 0.05) is 25.1 Å². The molecule has 9 heteroatoms. The molecule has 1 amide bonds. The fourth-order valence-corrected chi connectivity index (χ4v) is 4.60. The maximum atomic E-state index is 14.0. The number of carbonyl (C=O) groups is 1. The van der Waals surface area contributed by atoms with Gasteiger partial charge in [-0.3, -0.25) is 4.79 Å². The molecule has 0 aliphatic carbocycles. The number of anilines is 1. The lowest BCUT2D eigenvalue weighted by molar-refractivity contribution is -0.173. The Morgan fingerprint density at radius 2 is 1.79 bits per heavy atom. The fraction of sp³-hybridized carbons (Fsp3) is 0.583. The van der Waals surface area contributed by atoms with Crippen molar-refractivity contribution < 1.29 is 22.7 Å². The molecule has 0 bridgehead atoms. The number of methoxy groups -OCH3 is 1. The first-order chi connectivity index (χ1) is 15.1. The summed E-state index contributed by atoms with van der Waals surface area (Å²) < 4.78 is 47.9. The maximum Gasteiger partial charge on any atom is 0.410 e. The van der Waals surface area contributed by atoms with Crippen molar-refractivity contribution in [2.75, 3.05) is 19.5 Å². The SMILES string of the molecule is COc1ccc([C@@H]2C[C@H](C(F)(F)F)n3nc(C(=O)N(C)C(C)(C)CC(C)(C)C)cc3N2)cc1. The van der Waals surface area contributed by atoms with Gasteiger partial charge >= 0.3 is 6.18 Å². The molecule has 1 aromatic heterocycles. The minimum Gasteiger partial charge on any atom is -0.497 e. The summed E-state index contributed by atoms with van der Waals surface area (Å²) in [4.78, 5) is 14.8. The van der Waals surface area contributed by atoms with Gasteiger partial charge in [-0.2, -0.15) is 18.3 Å². The summed E-state index contributed by atoms with van der Waals surface area (Å²) in [7, 11) is 3.20. The summed E-state index contributed by atoms with van der Waals surface area (Å²) in [6.07, 6.45) is -4.02. The van der Waals surface area contributed by atoms with Crippen molar-refractivity contribution in [1.29, 1.82) is 0 Å². The van der Waals surface area contributed by atoms with Crippen molar-refractivity contribution >= 4 is 11.7 Å². The van der Waals surface area contributed by atoms with Crippen LogP contribution in [0.5, 0.6) is 5.75 Å². The number of aromatic nitrogens is 2. The van der Waals surface area contributed by atoms with Crippen LogP contribution in [0.15, 0.2) is 30.3 Å². The molecule has 0 saturated heterocycles. The van der Waals surface area contributed by atoms with E-state index in [1.54, 1.807) is 36.2 Å². The number of halogens is 3. The Morgan fingerprint density at radius 3 is 2.30 bits per heavy atom. The van der Waals surface area contributed by atoms with E-state index in [4.69, 9.17) is 4.74 Å². The van der Waals surface area contributed by atoms with Crippen LogP contribution in [0, 0.1) is 5.41 Å². The molecule has 6 nitrogen and oxygen atoms in total. The number of hydrogen-bond donors (Lipinski definition) is 1. The Kier molecular flexibility index (Phi) is 6.47. The van der Waals surface area contributed by atoms with E-state index in [2.05, 4.69) is 31.2 Å². The predicted octanol–water partition coefficient (Wildman–Crippen LogP) is 5.84. The third kappa shape index (κ3) is 5.45. The lowest BCUT2D eigenvalue weighted by Gasteiger charge is -2.39. The zero-order valence-corrected chi connectivity index (χ0v) is 20.2. The highest BCUT2D eigenvalue weighted by atomic mass is 19.4. The van der Waals surface area contributed by atoms with Crippen LogP contribution in [-0.4, -0.2) is 46.5 Å². The van der Waals surface area contributed by atoms with E-state index in [9.17, 15) is 18.0 Å². The minimum atomic E-state index is -4.51. The minimum absolute atomic E-state index is 0.00776. The largest absolute Gasteiger partial charge is 0.497 e. The van der Waals surface area contributed by atoms with Gasteiger partial charge in [0.15, 0.2) is 11.7 Å². The number of nitrogens with zero attached hydrogens (tertiary/aromatic N) is 3. The van der Waals surface area contributed by atoms with Crippen LogP contribution in [0.4, 0.5) is 19.0 Å². The maximum absolute atomic E-state index is 14.0. The molecule has 182 valence electrons. The van der Waals surface area contributed by atoms with Crippen LogP contribution in [0.1, 0.15) is 75.6 Å². The van der Waals surface area contributed by atoms with Gasteiger partial charge < -0.3 is 15.0 Å². The van der Waals surface area contributed by atoms with Gasteiger partial charge in [0.2, 0.25) is 0 Å². The van der Waals surface area contributed by atoms with Crippen LogP contribution in [-0.2, 0) is 0 Å². The number of alkyl halides is 3. The Balaban J connectivity index is 1.93. The molecule has 1 aliphatic heterocycles. The van der Waals surface area contributed by atoms with Gasteiger partial charge in [-0.15, -0.1) is 0 Å². The van der Waals surface area contributed by atoms with Crippen LogP contribution < -0.4 is 10.1 Å². The first-order valence-corrected chi connectivity index (χ1v) is 11.0. The second kappa shape index (κ2) is 8.57. The topological polar surface area (TPSA) is 59.4 Å². The molecule has 0 unspecified atom stereocenters. The van der Waals surface area contributed by atoms with Crippen LogP contribution >= 0.6 is 0 Å². The van der Waals surface area contributed by atoms with Gasteiger partial charge in [-0.1, -0.05) is 32.9 Å². The molecule has 0 fully saturated rings. The highest BCUT2D eigenvalue weighted by molar-refractivity contribution is 5.93. The summed E-state index contributed by atoms with van der Waals surface area (Å²) in [5.41, 5.74) is 0.169. The third-order valence-electron chi connectivity index (χ3n) is 6.10. The molecule has 2 heterocycles. The molecule has 1 aromatic carbocycles. The number of fused-ring (bicyclic) bond motifs is 1. The van der Waals surface area contributed by atoms with Crippen LogP contribution in [0.3, 0.4) is 0 Å². The lowest BCUT2D eigenvalue weighted by atomic mass is 9.81. The monoisotopic (exact) mass is 466 g/mol. The van der Waals surface area contributed by atoms with Crippen LogP contribution in [0.25, 0.3) is 0 Å². The van der Waals surface area contributed by atoms with E-state index in [1.165, 1.54) is 13.2 Å². The number of rotatable bonds is 5. The van der Waals surface area contributed by atoms with Crippen molar-refractivity contribution in [3.8, 4) is 5.75 Å².